The topological polar surface area (TPSA) is 75.3 Å². The lowest BCUT2D eigenvalue weighted by atomic mass is 10.4. The van der Waals surface area contributed by atoms with Crippen molar-refractivity contribution in [2.24, 2.45) is 0 Å². The van der Waals surface area contributed by atoms with E-state index < -0.39 is 10.0 Å². The lowest BCUT2D eigenvalue weighted by Gasteiger charge is -2.03. The van der Waals surface area contributed by atoms with Crippen molar-refractivity contribution in [2.75, 3.05) is 19.3 Å². The Labute approximate surface area is 92.6 Å². The van der Waals surface area contributed by atoms with Gasteiger partial charge in [-0.05, 0) is 18.5 Å². The Kier molecular flexibility index (Phi) is 4.25. The van der Waals surface area contributed by atoms with E-state index in [1.807, 2.05) is 0 Å². The van der Waals surface area contributed by atoms with Crippen LogP contribution in [0.5, 0.6) is 0 Å². The summed E-state index contributed by atoms with van der Waals surface area (Å²) < 4.78 is 24.2. The lowest BCUT2D eigenvalue weighted by molar-refractivity contribution is 0.0960. The zero-order valence-electron chi connectivity index (χ0n) is 8.19. The fraction of sp³-hybridized carbons (Fsp3) is 0.375. The first-order valence-corrected chi connectivity index (χ1v) is 6.81. The molecule has 0 aliphatic rings. The maximum atomic E-state index is 11.4. The molecule has 0 spiro atoms. The van der Waals surface area contributed by atoms with Gasteiger partial charge in [-0.25, -0.2) is 13.1 Å². The van der Waals surface area contributed by atoms with Crippen molar-refractivity contribution in [3.63, 3.8) is 0 Å². The summed E-state index contributed by atoms with van der Waals surface area (Å²) in [6, 6.07) is 3.45. The molecule has 15 heavy (non-hydrogen) atoms. The Bertz CT molecular complexity index is 411. The van der Waals surface area contributed by atoms with Gasteiger partial charge in [-0.2, -0.15) is 0 Å². The smallest absolute Gasteiger partial charge is 0.261 e. The zero-order valence-corrected chi connectivity index (χ0v) is 9.82. The van der Waals surface area contributed by atoms with Gasteiger partial charge in [0.05, 0.1) is 10.6 Å². The Morgan fingerprint density at radius 1 is 1.53 bits per heavy atom. The zero-order chi connectivity index (χ0) is 11.3. The Morgan fingerprint density at radius 2 is 2.27 bits per heavy atom. The molecule has 2 N–H and O–H groups in total. The molecule has 0 bridgehead atoms. The van der Waals surface area contributed by atoms with Crippen LogP contribution in [0, 0.1) is 0 Å². The minimum atomic E-state index is -3.25. The maximum absolute atomic E-state index is 11.4. The normalized spacial score (nSPS) is 11.3. The Hall–Kier alpha value is -0.920. The molecule has 0 aliphatic heterocycles. The summed E-state index contributed by atoms with van der Waals surface area (Å²) in [5.74, 6) is -0.350. The van der Waals surface area contributed by atoms with Crippen LogP contribution in [0.1, 0.15) is 9.67 Å². The van der Waals surface area contributed by atoms with Crippen molar-refractivity contribution in [2.45, 2.75) is 0 Å². The Morgan fingerprint density at radius 3 is 2.80 bits per heavy atom. The fourth-order valence-electron chi connectivity index (χ4n) is 0.896. The molecule has 0 unspecified atom stereocenters. The molecule has 0 atom stereocenters. The minimum absolute atomic E-state index is 0.111. The highest BCUT2D eigenvalue weighted by Gasteiger charge is 2.09. The first-order chi connectivity index (χ1) is 7.05. The SMILES string of the molecule is CNS(=O)(=O)CCNC(=O)c1cccs1. The predicted octanol–water partition coefficient (Wildman–Crippen LogP) is 0.0271. The van der Waals surface area contributed by atoms with E-state index in [0.29, 0.717) is 4.88 Å². The highest BCUT2D eigenvalue weighted by molar-refractivity contribution is 7.89. The highest BCUT2D eigenvalue weighted by atomic mass is 32.2. The van der Waals surface area contributed by atoms with Crippen LogP contribution in [-0.4, -0.2) is 33.7 Å². The van der Waals surface area contributed by atoms with Crippen molar-refractivity contribution >= 4 is 27.3 Å². The summed E-state index contributed by atoms with van der Waals surface area (Å²) >= 11 is 1.32. The van der Waals surface area contributed by atoms with Crippen LogP contribution < -0.4 is 10.0 Å². The monoisotopic (exact) mass is 248 g/mol. The first kappa shape index (κ1) is 12.2. The lowest BCUT2D eigenvalue weighted by Crippen LogP contribution is -2.32. The number of rotatable bonds is 5. The van der Waals surface area contributed by atoms with Gasteiger partial charge in [0.2, 0.25) is 10.0 Å². The Balaban J connectivity index is 2.36. The van der Waals surface area contributed by atoms with Gasteiger partial charge in [-0.1, -0.05) is 6.07 Å². The molecule has 0 aromatic carbocycles. The molecule has 7 heteroatoms. The van der Waals surface area contributed by atoms with E-state index in [-0.39, 0.29) is 18.2 Å². The fourth-order valence-corrected chi connectivity index (χ4v) is 2.11. The van der Waals surface area contributed by atoms with Crippen LogP contribution in [0.4, 0.5) is 0 Å². The van der Waals surface area contributed by atoms with Crippen molar-refractivity contribution in [1.29, 1.82) is 0 Å². The molecular weight excluding hydrogens is 236 g/mol. The van der Waals surface area contributed by atoms with Crippen LogP contribution in [0.2, 0.25) is 0 Å². The largest absolute Gasteiger partial charge is 0.350 e. The van der Waals surface area contributed by atoms with E-state index in [4.69, 9.17) is 0 Å². The summed E-state index contributed by atoms with van der Waals surface area (Å²) in [6.45, 7) is 0.111. The van der Waals surface area contributed by atoms with Crippen LogP contribution in [0.3, 0.4) is 0 Å². The number of sulfonamides is 1. The number of carbonyl (C=O) groups is 1. The third-order valence-corrected chi connectivity index (χ3v) is 3.94. The van der Waals surface area contributed by atoms with Gasteiger partial charge in [0, 0.05) is 6.54 Å². The number of thiophene rings is 1. The molecule has 0 saturated heterocycles. The van der Waals surface area contributed by atoms with Crippen LogP contribution in [-0.2, 0) is 10.0 Å². The second-order valence-electron chi connectivity index (χ2n) is 2.76. The highest BCUT2D eigenvalue weighted by Crippen LogP contribution is 2.07. The van der Waals surface area contributed by atoms with Gasteiger partial charge in [0.25, 0.3) is 5.91 Å². The molecule has 0 saturated carbocycles. The van der Waals surface area contributed by atoms with E-state index in [9.17, 15) is 13.2 Å². The maximum Gasteiger partial charge on any atom is 0.261 e. The number of carbonyl (C=O) groups excluding carboxylic acids is 1. The molecule has 1 rings (SSSR count). The van der Waals surface area contributed by atoms with Crippen LogP contribution >= 0.6 is 11.3 Å². The average molecular weight is 248 g/mol. The van der Waals surface area contributed by atoms with Gasteiger partial charge >= 0.3 is 0 Å². The second kappa shape index (κ2) is 5.24. The number of amides is 1. The van der Waals surface area contributed by atoms with Crippen molar-refractivity contribution in [1.82, 2.24) is 10.0 Å². The third-order valence-electron chi connectivity index (χ3n) is 1.71. The van der Waals surface area contributed by atoms with Crippen LogP contribution in [0.25, 0.3) is 0 Å². The average Bonchev–Trinajstić information content (AvgIpc) is 2.70. The molecule has 84 valence electrons. The summed E-state index contributed by atoms with van der Waals surface area (Å²) in [7, 11) is -1.90. The molecule has 1 aromatic rings. The number of hydrogen-bond donors (Lipinski definition) is 2. The number of nitrogens with one attached hydrogen (secondary N) is 2. The van der Waals surface area contributed by atoms with E-state index in [1.54, 1.807) is 17.5 Å². The summed E-state index contributed by atoms with van der Waals surface area (Å²) in [5.41, 5.74) is 0. The van der Waals surface area contributed by atoms with Crippen molar-refractivity contribution < 1.29 is 13.2 Å². The standard InChI is InChI=1S/C8H12N2O3S2/c1-9-15(12,13)6-4-10-8(11)7-3-2-5-14-7/h2-3,5,9H,4,6H2,1H3,(H,10,11). The molecule has 0 aliphatic carbocycles. The molecule has 5 nitrogen and oxygen atoms in total. The molecule has 1 amide bonds. The van der Waals surface area contributed by atoms with Crippen molar-refractivity contribution in [3.05, 3.63) is 22.4 Å². The molecule has 0 fully saturated rings. The van der Waals surface area contributed by atoms with E-state index in [0.717, 1.165) is 0 Å². The number of hydrogen-bond acceptors (Lipinski definition) is 4. The second-order valence-corrected chi connectivity index (χ2v) is 5.75. The third kappa shape index (κ3) is 3.98. The van der Waals surface area contributed by atoms with Crippen molar-refractivity contribution in [3.8, 4) is 0 Å². The van der Waals surface area contributed by atoms with Gasteiger partial charge in [-0.15, -0.1) is 11.3 Å². The quantitative estimate of drug-likeness (QED) is 0.772. The van der Waals surface area contributed by atoms with Gasteiger partial charge < -0.3 is 5.32 Å². The van der Waals surface area contributed by atoms with E-state index in [1.165, 1.54) is 18.4 Å². The molecule has 0 radical (unpaired) electrons. The van der Waals surface area contributed by atoms with Gasteiger partial charge in [-0.3, -0.25) is 4.79 Å². The first-order valence-electron chi connectivity index (χ1n) is 4.28. The van der Waals surface area contributed by atoms with E-state index >= 15 is 0 Å². The van der Waals surface area contributed by atoms with E-state index in [2.05, 4.69) is 10.0 Å². The van der Waals surface area contributed by atoms with Gasteiger partial charge in [0.1, 0.15) is 0 Å². The molecular formula is C8H12N2O3S2. The summed E-state index contributed by atoms with van der Waals surface area (Å²) in [5, 5.41) is 4.32. The molecule has 1 heterocycles. The van der Waals surface area contributed by atoms with Gasteiger partial charge in [0.15, 0.2) is 0 Å². The summed E-state index contributed by atoms with van der Waals surface area (Å²) in [4.78, 5) is 11.9. The van der Waals surface area contributed by atoms with Crippen LogP contribution in [0.15, 0.2) is 17.5 Å². The molecule has 1 aromatic heterocycles. The minimum Gasteiger partial charge on any atom is -0.350 e. The summed E-state index contributed by atoms with van der Waals surface area (Å²) in [6.07, 6.45) is 0. The predicted molar refractivity (Wildman–Crippen MR) is 59.5 cm³/mol.